The van der Waals surface area contributed by atoms with Gasteiger partial charge in [-0.25, -0.2) is 0 Å². The molecule has 2 aliphatic heterocycles. The summed E-state index contributed by atoms with van der Waals surface area (Å²) in [5, 5.41) is 10.9. The highest BCUT2D eigenvalue weighted by Crippen LogP contribution is 2.36. The molecule has 0 aliphatic carbocycles. The van der Waals surface area contributed by atoms with Crippen molar-refractivity contribution in [2.24, 2.45) is 0 Å². The Kier molecular flexibility index (Phi) is 4.55. The number of fused-ring (bicyclic) bond motifs is 1. The van der Waals surface area contributed by atoms with E-state index in [1.165, 1.54) is 0 Å². The molecule has 0 saturated carbocycles. The number of nitrogens with zero attached hydrogens (tertiary/aromatic N) is 2. The van der Waals surface area contributed by atoms with Crippen LogP contribution >= 0.6 is 0 Å². The molecule has 7 heteroatoms. The number of carbonyl (C=O) groups is 1. The molecule has 0 spiro atoms. The average Bonchev–Trinajstić information content (AvgIpc) is 3.38. The van der Waals surface area contributed by atoms with Gasteiger partial charge in [0.1, 0.15) is 5.54 Å². The first-order chi connectivity index (χ1) is 13.0. The molecule has 1 saturated heterocycles. The Morgan fingerprint density at radius 2 is 2.07 bits per heavy atom. The lowest BCUT2D eigenvalue weighted by Gasteiger charge is -2.37. The number of benzene rings is 1. The van der Waals surface area contributed by atoms with Crippen LogP contribution < -0.4 is 20.1 Å². The van der Waals surface area contributed by atoms with Gasteiger partial charge in [-0.15, -0.1) is 0 Å². The van der Waals surface area contributed by atoms with Gasteiger partial charge < -0.3 is 20.1 Å². The van der Waals surface area contributed by atoms with Crippen molar-refractivity contribution >= 4 is 5.91 Å². The topological polar surface area (TPSA) is 77.4 Å². The summed E-state index contributed by atoms with van der Waals surface area (Å²) >= 11 is 0. The van der Waals surface area contributed by atoms with Crippen LogP contribution in [-0.2, 0) is 15.7 Å². The van der Waals surface area contributed by atoms with Crippen molar-refractivity contribution in [2.75, 3.05) is 26.4 Å². The van der Waals surface area contributed by atoms with Gasteiger partial charge in [0.05, 0.1) is 0 Å². The molecule has 27 heavy (non-hydrogen) atoms. The summed E-state index contributed by atoms with van der Waals surface area (Å²) in [5.74, 6) is 1.56. The Morgan fingerprint density at radius 1 is 1.30 bits per heavy atom. The maximum atomic E-state index is 13.2. The molecule has 0 unspecified atom stereocenters. The number of amides is 1. The molecule has 1 amide bonds. The second-order valence-corrected chi connectivity index (χ2v) is 7.87. The van der Waals surface area contributed by atoms with E-state index in [-0.39, 0.29) is 18.1 Å². The van der Waals surface area contributed by atoms with Crippen LogP contribution in [0, 0.1) is 0 Å². The van der Waals surface area contributed by atoms with Gasteiger partial charge in [0.2, 0.25) is 12.7 Å². The molecule has 2 N–H and O–H groups in total. The number of hydrogen-bond donors (Lipinski definition) is 2. The van der Waals surface area contributed by atoms with Gasteiger partial charge >= 0.3 is 0 Å². The summed E-state index contributed by atoms with van der Waals surface area (Å²) in [7, 11) is 0. The van der Waals surface area contributed by atoms with E-state index in [2.05, 4.69) is 29.6 Å². The van der Waals surface area contributed by atoms with Crippen molar-refractivity contribution in [3.05, 3.63) is 42.2 Å². The minimum atomic E-state index is -0.625. The maximum absolute atomic E-state index is 13.2. The Balaban J connectivity index is 1.50. The lowest BCUT2D eigenvalue weighted by atomic mass is 9.83. The maximum Gasteiger partial charge on any atom is 0.248 e. The predicted molar refractivity (Wildman–Crippen MR) is 101 cm³/mol. The lowest BCUT2D eigenvalue weighted by Crippen LogP contribution is -2.56. The molecule has 0 radical (unpaired) electrons. The van der Waals surface area contributed by atoms with Crippen molar-refractivity contribution in [1.82, 2.24) is 20.4 Å². The summed E-state index contributed by atoms with van der Waals surface area (Å²) in [6.07, 6.45) is 5.07. The number of piperidine rings is 1. The van der Waals surface area contributed by atoms with Gasteiger partial charge in [0.25, 0.3) is 0 Å². The van der Waals surface area contributed by atoms with Gasteiger partial charge in [-0.2, -0.15) is 5.10 Å². The highest BCUT2D eigenvalue weighted by molar-refractivity contribution is 5.84. The largest absolute Gasteiger partial charge is 0.454 e. The van der Waals surface area contributed by atoms with E-state index >= 15 is 0 Å². The zero-order chi connectivity index (χ0) is 18.9. The van der Waals surface area contributed by atoms with Crippen LogP contribution in [0.3, 0.4) is 0 Å². The monoisotopic (exact) mass is 370 g/mol. The van der Waals surface area contributed by atoms with Crippen LogP contribution in [-0.4, -0.2) is 42.1 Å². The fourth-order valence-corrected chi connectivity index (χ4v) is 3.81. The zero-order valence-corrected chi connectivity index (χ0v) is 15.8. The highest BCUT2D eigenvalue weighted by Gasteiger charge is 2.42. The van der Waals surface area contributed by atoms with Gasteiger partial charge in [0, 0.05) is 24.4 Å². The molecule has 7 nitrogen and oxygen atoms in total. The predicted octanol–water partition coefficient (Wildman–Crippen LogP) is 1.78. The van der Waals surface area contributed by atoms with E-state index < -0.39 is 5.54 Å². The SMILES string of the molecule is CC(C)(CNC(=O)C1(n2cccn2)CCNCC1)c1ccc2c(c1)OCO2. The van der Waals surface area contributed by atoms with Crippen LogP contribution in [0.4, 0.5) is 0 Å². The highest BCUT2D eigenvalue weighted by atomic mass is 16.7. The summed E-state index contributed by atoms with van der Waals surface area (Å²) in [5.41, 5.74) is 0.236. The first kappa shape index (κ1) is 17.9. The van der Waals surface area contributed by atoms with Crippen LogP contribution in [0.25, 0.3) is 0 Å². The third-order valence-corrected chi connectivity index (χ3v) is 5.64. The van der Waals surface area contributed by atoms with Gasteiger partial charge in [0.15, 0.2) is 11.5 Å². The molecular weight excluding hydrogens is 344 g/mol. The Hall–Kier alpha value is -2.54. The van der Waals surface area contributed by atoms with Crippen molar-refractivity contribution in [2.45, 2.75) is 37.6 Å². The molecular formula is C20H26N4O3. The first-order valence-electron chi connectivity index (χ1n) is 9.41. The second-order valence-electron chi connectivity index (χ2n) is 7.87. The number of aromatic nitrogens is 2. The number of hydrogen-bond acceptors (Lipinski definition) is 5. The smallest absolute Gasteiger partial charge is 0.248 e. The standard InChI is InChI=1S/C20H26N4O3/c1-19(2,15-4-5-16-17(12-15)27-14-26-16)13-22-18(25)20(6-9-21-10-7-20)24-11-3-8-23-24/h3-5,8,11-12,21H,6-7,9-10,13-14H2,1-2H3,(H,22,25). The first-order valence-corrected chi connectivity index (χ1v) is 9.41. The molecule has 3 heterocycles. The summed E-state index contributed by atoms with van der Waals surface area (Å²) in [6.45, 7) is 6.64. The number of carbonyl (C=O) groups excluding carboxylic acids is 1. The Labute approximate surface area is 159 Å². The molecule has 144 valence electrons. The molecule has 2 aromatic rings. The van der Waals surface area contributed by atoms with Crippen molar-refractivity contribution in [1.29, 1.82) is 0 Å². The lowest BCUT2D eigenvalue weighted by molar-refractivity contribution is -0.132. The fourth-order valence-electron chi connectivity index (χ4n) is 3.81. The van der Waals surface area contributed by atoms with Crippen molar-refractivity contribution in [3.8, 4) is 11.5 Å². The molecule has 1 fully saturated rings. The Morgan fingerprint density at radius 3 is 2.81 bits per heavy atom. The second kappa shape index (κ2) is 6.88. The minimum absolute atomic E-state index is 0.0292. The third-order valence-electron chi connectivity index (χ3n) is 5.64. The summed E-state index contributed by atoms with van der Waals surface area (Å²) in [4.78, 5) is 13.2. The van der Waals surface area contributed by atoms with Crippen LogP contribution in [0.1, 0.15) is 32.3 Å². The fraction of sp³-hybridized carbons (Fsp3) is 0.500. The average molecular weight is 370 g/mol. The van der Waals surface area contributed by atoms with Gasteiger partial charge in [-0.1, -0.05) is 19.9 Å². The van der Waals surface area contributed by atoms with E-state index in [0.717, 1.165) is 43.0 Å². The third kappa shape index (κ3) is 3.27. The molecule has 0 atom stereocenters. The van der Waals surface area contributed by atoms with E-state index in [4.69, 9.17) is 9.47 Å². The summed E-state index contributed by atoms with van der Waals surface area (Å²) < 4.78 is 12.7. The molecule has 1 aromatic carbocycles. The van der Waals surface area contributed by atoms with Crippen molar-refractivity contribution < 1.29 is 14.3 Å². The Bertz CT molecular complexity index is 811. The zero-order valence-electron chi connectivity index (χ0n) is 15.8. The number of nitrogens with one attached hydrogen (secondary N) is 2. The molecule has 1 aromatic heterocycles. The normalized spacial score (nSPS) is 18.3. The van der Waals surface area contributed by atoms with Crippen LogP contribution in [0.5, 0.6) is 11.5 Å². The van der Waals surface area contributed by atoms with Gasteiger partial charge in [-0.05, 0) is 49.7 Å². The van der Waals surface area contributed by atoms with E-state index in [1.54, 1.807) is 6.20 Å². The molecule has 2 aliphatic rings. The van der Waals surface area contributed by atoms with Gasteiger partial charge in [-0.3, -0.25) is 9.48 Å². The van der Waals surface area contributed by atoms with Crippen LogP contribution in [0.15, 0.2) is 36.7 Å². The van der Waals surface area contributed by atoms with Crippen LogP contribution in [0.2, 0.25) is 0 Å². The van der Waals surface area contributed by atoms with E-state index in [1.807, 2.05) is 35.1 Å². The summed E-state index contributed by atoms with van der Waals surface area (Å²) in [6, 6.07) is 7.84. The molecule has 4 rings (SSSR count). The minimum Gasteiger partial charge on any atom is -0.454 e. The number of rotatable bonds is 5. The van der Waals surface area contributed by atoms with Crippen molar-refractivity contribution in [3.63, 3.8) is 0 Å². The molecule has 0 bridgehead atoms. The van der Waals surface area contributed by atoms with E-state index in [0.29, 0.717) is 6.54 Å². The van der Waals surface area contributed by atoms with E-state index in [9.17, 15) is 4.79 Å². The quantitative estimate of drug-likeness (QED) is 0.839. The number of ether oxygens (including phenoxy) is 2.